The molecule has 0 heterocycles. The van der Waals surface area contributed by atoms with Crippen molar-refractivity contribution >= 4 is 12.4 Å². The van der Waals surface area contributed by atoms with E-state index in [-0.39, 0.29) is 30.5 Å². The monoisotopic (exact) mass is 303 g/mol. The van der Waals surface area contributed by atoms with Crippen molar-refractivity contribution < 1.29 is 17.9 Å². The second kappa shape index (κ2) is 6.63. The summed E-state index contributed by atoms with van der Waals surface area (Å²) in [5.41, 5.74) is 6.37. The first kappa shape index (κ1) is 16.3. The van der Waals surface area contributed by atoms with E-state index in [4.69, 9.17) is 10.5 Å². The fourth-order valence-electron chi connectivity index (χ4n) is 1.75. The summed E-state index contributed by atoms with van der Waals surface area (Å²) in [6, 6.07) is 6.18. The van der Waals surface area contributed by atoms with Crippen LogP contribution in [0.2, 0.25) is 0 Å². The van der Waals surface area contributed by atoms with E-state index in [0.29, 0.717) is 11.1 Å². The van der Waals surface area contributed by atoms with Crippen LogP contribution in [-0.4, -0.2) is 0 Å². The normalized spacial score (nSPS) is 10.1. The van der Waals surface area contributed by atoms with Crippen LogP contribution in [0.3, 0.4) is 0 Å². The number of hydrogen-bond acceptors (Lipinski definition) is 2. The maximum Gasteiger partial charge on any atom is 0.201 e. The van der Waals surface area contributed by atoms with Gasteiger partial charge in [-0.25, -0.2) is 8.78 Å². The Labute approximate surface area is 120 Å². The highest BCUT2D eigenvalue weighted by Crippen LogP contribution is 2.28. The molecule has 0 aliphatic rings. The Morgan fingerprint density at radius 3 is 2.40 bits per heavy atom. The summed E-state index contributed by atoms with van der Waals surface area (Å²) in [4.78, 5) is 0. The number of hydrogen-bond donors (Lipinski definition) is 1. The quantitative estimate of drug-likeness (QED) is 0.927. The van der Waals surface area contributed by atoms with Crippen LogP contribution < -0.4 is 10.5 Å². The average Bonchev–Trinajstić information content (AvgIpc) is 2.35. The maximum absolute atomic E-state index is 13.7. The standard InChI is InChI=1S/C14H12F3NO.ClH/c1-8-5-9(6-12(16)10(8)7-18)19-13-4-2-3-11(15)14(13)17;/h2-6H,7,18H2,1H3;1H. The Kier molecular flexibility index (Phi) is 5.42. The van der Waals surface area contributed by atoms with Crippen molar-refractivity contribution in [1.82, 2.24) is 0 Å². The van der Waals surface area contributed by atoms with E-state index in [1.165, 1.54) is 18.2 Å². The van der Waals surface area contributed by atoms with Crippen LogP contribution in [0.5, 0.6) is 11.5 Å². The lowest BCUT2D eigenvalue weighted by Gasteiger charge is -2.11. The SMILES string of the molecule is Cc1cc(Oc2cccc(F)c2F)cc(F)c1CN.Cl. The molecule has 0 amide bonds. The summed E-state index contributed by atoms with van der Waals surface area (Å²) in [5, 5.41) is 0. The van der Waals surface area contributed by atoms with Crippen LogP contribution >= 0.6 is 12.4 Å². The molecule has 0 aliphatic heterocycles. The smallest absolute Gasteiger partial charge is 0.201 e. The summed E-state index contributed by atoms with van der Waals surface area (Å²) in [6.45, 7) is 1.73. The molecule has 2 N–H and O–H groups in total. The summed E-state index contributed by atoms with van der Waals surface area (Å²) in [6.07, 6.45) is 0. The highest BCUT2D eigenvalue weighted by Gasteiger charge is 2.12. The zero-order valence-electron chi connectivity index (χ0n) is 10.6. The van der Waals surface area contributed by atoms with Gasteiger partial charge in [0.05, 0.1) is 0 Å². The van der Waals surface area contributed by atoms with Crippen molar-refractivity contribution in [2.45, 2.75) is 13.5 Å². The minimum atomic E-state index is -1.11. The Morgan fingerprint density at radius 2 is 1.80 bits per heavy atom. The average molecular weight is 304 g/mol. The Morgan fingerprint density at radius 1 is 1.10 bits per heavy atom. The molecule has 0 spiro atoms. The minimum absolute atomic E-state index is 0. The van der Waals surface area contributed by atoms with Crippen molar-refractivity contribution in [3.05, 3.63) is 58.9 Å². The fraction of sp³-hybridized carbons (Fsp3) is 0.143. The van der Waals surface area contributed by atoms with Crippen molar-refractivity contribution in [3.63, 3.8) is 0 Å². The van der Waals surface area contributed by atoms with Crippen LogP contribution in [0.25, 0.3) is 0 Å². The van der Waals surface area contributed by atoms with Gasteiger partial charge in [0.25, 0.3) is 0 Å². The first-order valence-electron chi connectivity index (χ1n) is 5.64. The molecule has 2 aromatic rings. The third-order valence-corrected chi connectivity index (χ3v) is 2.74. The van der Waals surface area contributed by atoms with Crippen molar-refractivity contribution in [2.24, 2.45) is 5.73 Å². The molecule has 2 nitrogen and oxygen atoms in total. The molecule has 0 aliphatic carbocycles. The van der Waals surface area contributed by atoms with Crippen LogP contribution in [0.4, 0.5) is 13.2 Å². The topological polar surface area (TPSA) is 35.2 Å². The molecule has 2 aromatic carbocycles. The summed E-state index contributed by atoms with van der Waals surface area (Å²) in [5.74, 6) is -2.86. The molecule has 0 unspecified atom stereocenters. The van der Waals surface area contributed by atoms with Gasteiger partial charge >= 0.3 is 0 Å². The molecule has 0 saturated heterocycles. The molecular formula is C14H13ClF3NO. The number of aryl methyl sites for hydroxylation is 1. The molecule has 108 valence electrons. The van der Waals surface area contributed by atoms with Gasteiger partial charge in [0, 0.05) is 18.2 Å². The van der Waals surface area contributed by atoms with Crippen molar-refractivity contribution in [3.8, 4) is 11.5 Å². The minimum Gasteiger partial charge on any atom is -0.454 e. The summed E-state index contributed by atoms with van der Waals surface area (Å²) < 4.78 is 45.3. The highest BCUT2D eigenvalue weighted by atomic mass is 35.5. The van der Waals surface area contributed by atoms with Gasteiger partial charge in [-0.1, -0.05) is 6.07 Å². The van der Waals surface area contributed by atoms with Crippen LogP contribution in [0.15, 0.2) is 30.3 Å². The number of rotatable bonds is 3. The van der Waals surface area contributed by atoms with Crippen molar-refractivity contribution in [2.75, 3.05) is 0 Å². The van der Waals surface area contributed by atoms with Gasteiger partial charge in [-0.15, -0.1) is 12.4 Å². The second-order valence-electron chi connectivity index (χ2n) is 4.06. The van der Waals surface area contributed by atoms with Gasteiger partial charge < -0.3 is 10.5 Å². The predicted octanol–water partition coefficient (Wildman–Crippen LogP) is 4.09. The lowest BCUT2D eigenvalue weighted by Crippen LogP contribution is -2.03. The van der Waals surface area contributed by atoms with Gasteiger partial charge in [0.15, 0.2) is 11.6 Å². The lowest BCUT2D eigenvalue weighted by atomic mass is 10.1. The number of ether oxygens (including phenoxy) is 1. The van der Waals surface area contributed by atoms with Gasteiger partial charge in [-0.2, -0.15) is 4.39 Å². The van der Waals surface area contributed by atoms with Crippen LogP contribution in [0, 0.1) is 24.4 Å². The Bertz CT molecular complexity index is 596. The van der Waals surface area contributed by atoms with Gasteiger partial charge in [-0.05, 0) is 30.7 Å². The maximum atomic E-state index is 13.7. The number of halogens is 4. The van der Waals surface area contributed by atoms with E-state index in [1.54, 1.807) is 6.92 Å². The zero-order valence-corrected chi connectivity index (χ0v) is 11.4. The fourth-order valence-corrected chi connectivity index (χ4v) is 1.75. The molecule has 0 fully saturated rings. The largest absolute Gasteiger partial charge is 0.454 e. The van der Waals surface area contributed by atoms with Crippen LogP contribution in [0.1, 0.15) is 11.1 Å². The molecule has 2 rings (SSSR count). The first-order chi connectivity index (χ1) is 9.02. The number of nitrogens with two attached hydrogens (primary N) is 1. The van der Waals surface area contributed by atoms with E-state index >= 15 is 0 Å². The number of benzene rings is 2. The molecule has 0 radical (unpaired) electrons. The Hall–Kier alpha value is -1.72. The molecule has 0 aromatic heterocycles. The second-order valence-corrected chi connectivity index (χ2v) is 4.06. The van der Waals surface area contributed by atoms with Crippen LogP contribution in [-0.2, 0) is 6.54 Å². The van der Waals surface area contributed by atoms with Gasteiger partial charge in [0.1, 0.15) is 11.6 Å². The third kappa shape index (κ3) is 3.23. The molecular weight excluding hydrogens is 291 g/mol. The third-order valence-electron chi connectivity index (χ3n) is 2.74. The molecule has 6 heteroatoms. The van der Waals surface area contributed by atoms with Gasteiger partial charge in [0.2, 0.25) is 5.82 Å². The first-order valence-corrected chi connectivity index (χ1v) is 5.64. The summed E-state index contributed by atoms with van der Waals surface area (Å²) >= 11 is 0. The van der Waals surface area contributed by atoms with E-state index < -0.39 is 17.5 Å². The van der Waals surface area contributed by atoms with Crippen molar-refractivity contribution in [1.29, 1.82) is 0 Å². The predicted molar refractivity (Wildman–Crippen MR) is 72.7 cm³/mol. The van der Waals surface area contributed by atoms with Gasteiger partial charge in [-0.3, -0.25) is 0 Å². The zero-order chi connectivity index (χ0) is 14.0. The van der Waals surface area contributed by atoms with E-state index in [2.05, 4.69) is 0 Å². The lowest BCUT2D eigenvalue weighted by molar-refractivity contribution is 0.413. The highest BCUT2D eigenvalue weighted by molar-refractivity contribution is 5.85. The summed E-state index contributed by atoms with van der Waals surface area (Å²) in [7, 11) is 0. The molecule has 0 saturated carbocycles. The molecule has 20 heavy (non-hydrogen) atoms. The molecule has 0 bridgehead atoms. The van der Waals surface area contributed by atoms with E-state index in [9.17, 15) is 13.2 Å². The van der Waals surface area contributed by atoms with E-state index in [0.717, 1.165) is 12.1 Å². The van der Waals surface area contributed by atoms with E-state index in [1.807, 2.05) is 0 Å². The molecule has 0 atom stereocenters. The Balaban J connectivity index is 0.00000200.